The molecule has 0 aliphatic carbocycles. The van der Waals surface area contributed by atoms with Crippen LogP contribution in [0.25, 0.3) is 0 Å². The van der Waals surface area contributed by atoms with Crippen molar-refractivity contribution in [3.63, 3.8) is 0 Å². The number of hydrogen-bond acceptors (Lipinski definition) is 3. The van der Waals surface area contributed by atoms with Crippen molar-refractivity contribution in [2.45, 2.75) is 26.7 Å². The largest absolute Gasteiger partial charge is 0.478 e. The highest BCUT2D eigenvalue weighted by atomic mass is 16.4. The summed E-state index contributed by atoms with van der Waals surface area (Å²) in [4.78, 5) is 36.2. The smallest absolute Gasteiger partial charge is 0.335 e. The summed E-state index contributed by atoms with van der Waals surface area (Å²) in [7, 11) is 0. The molecule has 0 unspecified atom stereocenters. The molecule has 0 aromatic heterocycles. The topological polar surface area (TPSA) is 86.7 Å². The third-order valence-corrected chi connectivity index (χ3v) is 4.04. The van der Waals surface area contributed by atoms with Crippen LogP contribution in [-0.2, 0) is 9.59 Å². The van der Waals surface area contributed by atoms with E-state index >= 15 is 0 Å². The molecule has 0 bridgehead atoms. The number of carbonyl (C=O) groups excluding carboxylic acids is 2. The standard InChI is InChI=1S/C16H20N2O4/c1-10-9-13(3-4-14(10)16(21)22)17-15(20)12-5-7-18(8-6-12)11(2)19/h3-4,9,12H,5-8H2,1-2H3,(H,17,20)(H,21,22). The number of nitrogens with zero attached hydrogens (tertiary/aromatic N) is 1. The van der Waals surface area contributed by atoms with Gasteiger partial charge in [0, 0.05) is 31.6 Å². The van der Waals surface area contributed by atoms with E-state index in [0.29, 0.717) is 37.2 Å². The van der Waals surface area contributed by atoms with Crippen LogP contribution in [0, 0.1) is 12.8 Å². The summed E-state index contributed by atoms with van der Waals surface area (Å²) in [6.07, 6.45) is 1.30. The number of anilines is 1. The molecule has 1 aliphatic rings. The zero-order chi connectivity index (χ0) is 16.3. The van der Waals surface area contributed by atoms with Crippen molar-refractivity contribution in [1.82, 2.24) is 4.90 Å². The van der Waals surface area contributed by atoms with Crippen molar-refractivity contribution >= 4 is 23.5 Å². The van der Waals surface area contributed by atoms with Gasteiger partial charge in [0.05, 0.1) is 5.56 Å². The number of carboxylic acids is 1. The number of benzene rings is 1. The lowest BCUT2D eigenvalue weighted by molar-refractivity contribution is -0.132. The van der Waals surface area contributed by atoms with Gasteiger partial charge >= 0.3 is 5.97 Å². The lowest BCUT2D eigenvalue weighted by atomic mass is 9.95. The first-order chi connectivity index (χ1) is 10.4. The van der Waals surface area contributed by atoms with Crippen LogP contribution in [0.1, 0.15) is 35.7 Å². The zero-order valence-corrected chi connectivity index (χ0v) is 12.8. The number of hydrogen-bond donors (Lipinski definition) is 2. The molecule has 1 fully saturated rings. The maximum atomic E-state index is 12.2. The fraction of sp³-hybridized carbons (Fsp3) is 0.438. The molecule has 1 aromatic carbocycles. The molecule has 2 amide bonds. The van der Waals surface area contributed by atoms with Crippen LogP contribution in [0.5, 0.6) is 0 Å². The van der Waals surface area contributed by atoms with Crippen LogP contribution in [0.2, 0.25) is 0 Å². The molecule has 0 radical (unpaired) electrons. The molecule has 1 aromatic rings. The number of carbonyl (C=O) groups is 3. The van der Waals surface area contributed by atoms with E-state index in [2.05, 4.69) is 5.32 Å². The summed E-state index contributed by atoms with van der Waals surface area (Å²) < 4.78 is 0. The Bertz CT molecular complexity index is 604. The van der Waals surface area contributed by atoms with Crippen molar-refractivity contribution < 1.29 is 19.5 Å². The van der Waals surface area contributed by atoms with Gasteiger partial charge in [-0.3, -0.25) is 9.59 Å². The van der Waals surface area contributed by atoms with Crippen molar-refractivity contribution in [3.05, 3.63) is 29.3 Å². The molecular weight excluding hydrogens is 284 g/mol. The second-order valence-corrected chi connectivity index (χ2v) is 5.60. The maximum absolute atomic E-state index is 12.2. The highest BCUT2D eigenvalue weighted by Crippen LogP contribution is 2.21. The first-order valence-corrected chi connectivity index (χ1v) is 7.29. The number of amides is 2. The molecule has 1 saturated heterocycles. The number of aromatic carboxylic acids is 1. The Morgan fingerprint density at radius 2 is 1.86 bits per heavy atom. The minimum Gasteiger partial charge on any atom is -0.478 e. The number of aryl methyl sites for hydroxylation is 1. The minimum absolute atomic E-state index is 0.0405. The van der Waals surface area contributed by atoms with E-state index in [4.69, 9.17) is 5.11 Å². The molecular formula is C16H20N2O4. The molecule has 1 heterocycles. The number of carboxylic acid groups (broad SMARTS) is 1. The van der Waals surface area contributed by atoms with Crippen molar-refractivity contribution in [2.75, 3.05) is 18.4 Å². The van der Waals surface area contributed by atoms with Gasteiger partial charge in [-0.15, -0.1) is 0 Å². The highest BCUT2D eigenvalue weighted by molar-refractivity contribution is 5.94. The average molecular weight is 304 g/mol. The van der Waals surface area contributed by atoms with Crippen LogP contribution in [-0.4, -0.2) is 40.9 Å². The lowest BCUT2D eigenvalue weighted by Gasteiger charge is -2.30. The lowest BCUT2D eigenvalue weighted by Crippen LogP contribution is -2.40. The fourth-order valence-corrected chi connectivity index (χ4v) is 2.68. The molecule has 0 saturated carbocycles. The third-order valence-electron chi connectivity index (χ3n) is 4.04. The Balaban J connectivity index is 1.97. The van der Waals surface area contributed by atoms with E-state index in [-0.39, 0.29) is 23.3 Å². The Labute approximate surface area is 129 Å². The Kier molecular flexibility index (Phi) is 4.80. The molecule has 118 valence electrons. The summed E-state index contributed by atoms with van der Waals surface area (Å²) in [5, 5.41) is 11.8. The van der Waals surface area contributed by atoms with Gasteiger partial charge in [0.2, 0.25) is 11.8 Å². The van der Waals surface area contributed by atoms with Gasteiger partial charge in [-0.2, -0.15) is 0 Å². The molecule has 2 rings (SSSR count). The molecule has 22 heavy (non-hydrogen) atoms. The molecule has 0 atom stereocenters. The van der Waals surface area contributed by atoms with Crippen LogP contribution in [0.15, 0.2) is 18.2 Å². The number of likely N-dealkylation sites (tertiary alicyclic amines) is 1. The zero-order valence-electron chi connectivity index (χ0n) is 12.8. The third kappa shape index (κ3) is 3.63. The molecule has 0 spiro atoms. The van der Waals surface area contributed by atoms with Crippen LogP contribution in [0.4, 0.5) is 5.69 Å². The van der Waals surface area contributed by atoms with Gasteiger partial charge in [-0.25, -0.2) is 4.79 Å². The summed E-state index contributed by atoms with van der Waals surface area (Å²) in [5.41, 5.74) is 1.44. The Hall–Kier alpha value is -2.37. The van der Waals surface area contributed by atoms with Gasteiger partial charge in [0.15, 0.2) is 0 Å². The van der Waals surface area contributed by atoms with E-state index in [9.17, 15) is 14.4 Å². The van der Waals surface area contributed by atoms with Gasteiger partial charge in [-0.05, 0) is 43.5 Å². The van der Waals surface area contributed by atoms with Gasteiger partial charge in [0.1, 0.15) is 0 Å². The van der Waals surface area contributed by atoms with Crippen LogP contribution >= 0.6 is 0 Å². The minimum atomic E-state index is -0.980. The molecule has 1 aliphatic heterocycles. The average Bonchev–Trinajstić information content (AvgIpc) is 2.47. The monoisotopic (exact) mass is 304 g/mol. The van der Waals surface area contributed by atoms with E-state index < -0.39 is 5.97 Å². The van der Waals surface area contributed by atoms with Crippen molar-refractivity contribution in [1.29, 1.82) is 0 Å². The second kappa shape index (κ2) is 6.60. The quantitative estimate of drug-likeness (QED) is 0.892. The predicted molar refractivity (Wildman–Crippen MR) is 81.7 cm³/mol. The first kappa shape index (κ1) is 16.0. The first-order valence-electron chi connectivity index (χ1n) is 7.29. The molecule has 6 nitrogen and oxygen atoms in total. The van der Waals surface area contributed by atoms with Crippen molar-refractivity contribution in [2.24, 2.45) is 5.92 Å². The molecule has 2 N–H and O–H groups in total. The van der Waals surface area contributed by atoms with Gasteiger partial charge in [0.25, 0.3) is 0 Å². The van der Waals surface area contributed by atoms with Crippen LogP contribution in [0.3, 0.4) is 0 Å². The number of nitrogens with one attached hydrogen (secondary N) is 1. The second-order valence-electron chi connectivity index (χ2n) is 5.60. The summed E-state index contributed by atoms with van der Waals surface area (Å²) in [6, 6.07) is 4.75. The van der Waals surface area contributed by atoms with E-state index in [1.807, 2.05) is 0 Å². The van der Waals surface area contributed by atoms with E-state index in [1.54, 1.807) is 24.0 Å². The maximum Gasteiger partial charge on any atom is 0.335 e. The number of piperidine rings is 1. The van der Waals surface area contributed by atoms with Gasteiger partial charge < -0.3 is 15.3 Å². The van der Waals surface area contributed by atoms with E-state index in [0.717, 1.165) is 0 Å². The Morgan fingerprint density at radius 3 is 2.36 bits per heavy atom. The molecule has 6 heteroatoms. The summed E-state index contributed by atoms with van der Waals surface area (Å²) in [5.74, 6) is -1.13. The normalized spacial score (nSPS) is 15.5. The Morgan fingerprint density at radius 1 is 1.23 bits per heavy atom. The number of rotatable bonds is 3. The predicted octanol–water partition coefficient (Wildman–Crippen LogP) is 1.89. The van der Waals surface area contributed by atoms with Crippen LogP contribution < -0.4 is 5.32 Å². The SMILES string of the molecule is CC(=O)N1CCC(C(=O)Nc2ccc(C(=O)O)c(C)c2)CC1. The summed E-state index contributed by atoms with van der Waals surface area (Å²) in [6.45, 7) is 4.44. The summed E-state index contributed by atoms with van der Waals surface area (Å²) >= 11 is 0. The van der Waals surface area contributed by atoms with Gasteiger partial charge in [-0.1, -0.05) is 0 Å². The fourth-order valence-electron chi connectivity index (χ4n) is 2.68. The highest BCUT2D eigenvalue weighted by Gasteiger charge is 2.26. The van der Waals surface area contributed by atoms with Crippen molar-refractivity contribution in [3.8, 4) is 0 Å². The van der Waals surface area contributed by atoms with E-state index in [1.165, 1.54) is 13.0 Å².